The summed E-state index contributed by atoms with van der Waals surface area (Å²) in [5.74, 6) is -0.483. The summed E-state index contributed by atoms with van der Waals surface area (Å²) in [6.07, 6.45) is 0.227. The highest BCUT2D eigenvalue weighted by atomic mass is 32.2. The zero-order valence-electron chi connectivity index (χ0n) is 13.1. The van der Waals surface area contributed by atoms with Crippen molar-refractivity contribution in [3.05, 3.63) is 46.0 Å². The smallest absolute Gasteiger partial charge is 0.227 e. The van der Waals surface area contributed by atoms with E-state index < -0.39 is 5.91 Å². The third-order valence-electron chi connectivity index (χ3n) is 3.72. The Morgan fingerprint density at radius 2 is 2.09 bits per heavy atom. The number of carbonyl (C=O) groups is 2. The highest BCUT2D eigenvalue weighted by Gasteiger charge is 2.29. The second kappa shape index (κ2) is 7.34. The van der Waals surface area contributed by atoms with Gasteiger partial charge in [-0.2, -0.15) is 5.26 Å². The Labute approximate surface area is 139 Å². The SMILES string of the molecule is CC(C)c1ccc(C2CC(=O)NC(SCC(N)=O)=C2C#N)cc1. The lowest BCUT2D eigenvalue weighted by Crippen LogP contribution is -2.31. The molecule has 2 amide bonds. The zero-order valence-corrected chi connectivity index (χ0v) is 13.9. The minimum atomic E-state index is -0.488. The number of hydrogen-bond donors (Lipinski definition) is 2. The van der Waals surface area contributed by atoms with Crippen molar-refractivity contribution >= 4 is 23.6 Å². The topological polar surface area (TPSA) is 96.0 Å². The van der Waals surface area contributed by atoms with Crippen LogP contribution in [-0.4, -0.2) is 17.6 Å². The van der Waals surface area contributed by atoms with E-state index in [4.69, 9.17) is 5.73 Å². The van der Waals surface area contributed by atoms with Crippen LogP contribution in [-0.2, 0) is 9.59 Å². The Bertz CT molecular complexity index is 687. The molecule has 5 nitrogen and oxygen atoms in total. The van der Waals surface area contributed by atoms with Crippen molar-refractivity contribution in [1.29, 1.82) is 5.26 Å². The Balaban J connectivity index is 2.34. The number of nitrogens with one attached hydrogen (secondary N) is 1. The maximum atomic E-state index is 12.0. The van der Waals surface area contributed by atoms with E-state index in [1.807, 2.05) is 24.3 Å². The van der Waals surface area contributed by atoms with Gasteiger partial charge in [-0.3, -0.25) is 9.59 Å². The summed E-state index contributed by atoms with van der Waals surface area (Å²) >= 11 is 1.10. The lowest BCUT2D eigenvalue weighted by atomic mass is 9.86. The van der Waals surface area contributed by atoms with Crippen LogP contribution in [0.1, 0.15) is 43.2 Å². The normalized spacial score (nSPS) is 17.8. The first-order valence-electron chi connectivity index (χ1n) is 7.37. The standard InChI is InChI=1S/C17H19N3O2S/c1-10(2)11-3-5-12(6-4-11)13-7-16(22)20-17(14(13)8-18)23-9-15(19)21/h3-6,10,13H,7,9H2,1-2H3,(H2,19,21)(H,20,22). The zero-order chi connectivity index (χ0) is 17.0. The Kier molecular flexibility index (Phi) is 5.45. The molecule has 0 bridgehead atoms. The number of carbonyl (C=O) groups excluding carboxylic acids is 2. The van der Waals surface area contributed by atoms with Crippen LogP contribution in [0.2, 0.25) is 0 Å². The van der Waals surface area contributed by atoms with Crippen LogP contribution >= 0.6 is 11.8 Å². The number of benzene rings is 1. The summed E-state index contributed by atoms with van der Waals surface area (Å²) in [6, 6.07) is 10.2. The fraction of sp³-hybridized carbons (Fsp3) is 0.353. The number of amides is 2. The van der Waals surface area contributed by atoms with E-state index in [9.17, 15) is 14.9 Å². The molecule has 0 aromatic heterocycles. The largest absolute Gasteiger partial charge is 0.369 e. The van der Waals surface area contributed by atoms with Crippen molar-refractivity contribution < 1.29 is 9.59 Å². The average Bonchev–Trinajstić information content (AvgIpc) is 2.52. The van der Waals surface area contributed by atoms with Gasteiger partial charge >= 0.3 is 0 Å². The summed E-state index contributed by atoms with van der Waals surface area (Å²) in [5, 5.41) is 12.6. The van der Waals surface area contributed by atoms with E-state index in [1.54, 1.807) is 0 Å². The average molecular weight is 329 g/mol. The van der Waals surface area contributed by atoms with Crippen LogP contribution < -0.4 is 11.1 Å². The molecule has 6 heteroatoms. The van der Waals surface area contributed by atoms with Crippen LogP contribution in [0.25, 0.3) is 0 Å². The number of nitrogens with zero attached hydrogens (tertiary/aromatic N) is 1. The Morgan fingerprint density at radius 3 is 2.61 bits per heavy atom. The summed E-state index contributed by atoms with van der Waals surface area (Å²) < 4.78 is 0. The van der Waals surface area contributed by atoms with Gasteiger partial charge in [0.2, 0.25) is 11.8 Å². The number of nitrogens with two attached hydrogens (primary N) is 1. The number of thioether (sulfide) groups is 1. The van der Waals surface area contributed by atoms with E-state index in [0.717, 1.165) is 17.3 Å². The van der Waals surface area contributed by atoms with Gasteiger partial charge in [0.25, 0.3) is 0 Å². The molecule has 1 aliphatic heterocycles. The molecule has 1 aromatic carbocycles. The van der Waals surface area contributed by atoms with E-state index >= 15 is 0 Å². The van der Waals surface area contributed by atoms with Gasteiger partial charge < -0.3 is 11.1 Å². The lowest BCUT2D eigenvalue weighted by molar-refractivity contribution is -0.121. The molecule has 1 atom stereocenters. The molecule has 1 heterocycles. The van der Waals surface area contributed by atoms with Gasteiger partial charge in [-0.05, 0) is 17.0 Å². The number of primary amides is 1. The maximum Gasteiger partial charge on any atom is 0.227 e. The molecule has 3 N–H and O–H groups in total. The molecular formula is C17H19N3O2S. The number of hydrogen-bond acceptors (Lipinski definition) is 4. The summed E-state index contributed by atoms with van der Waals surface area (Å²) in [6.45, 7) is 4.23. The van der Waals surface area contributed by atoms with Crippen LogP contribution in [0.5, 0.6) is 0 Å². The first kappa shape index (κ1) is 17.1. The van der Waals surface area contributed by atoms with Gasteiger partial charge in [-0.25, -0.2) is 0 Å². The van der Waals surface area contributed by atoms with E-state index in [-0.39, 0.29) is 24.0 Å². The summed E-state index contributed by atoms with van der Waals surface area (Å²) in [4.78, 5) is 22.9. The summed E-state index contributed by atoms with van der Waals surface area (Å²) in [5.41, 5.74) is 7.76. The quantitative estimate of drug-likeness (QED) is 0.867. The van der Waals surface area contributed by atoms with Crippen LogP contribution in [0.3, 0.4) is 0 Å². The highest BCUT2D eigenvalue weighted by molar-refractivity contribution is 8.03. The third-order valence-corrected chi connectivity index (χ3v) is 4.76. The second-order valence-electron chi connectivity index (χ2n) is 5.74. The number of nitriles is 1. The third kappa shape index (κ3) is 4.14. The highest BCUT2D eigenvalue weighted by Crippen LogP contribution is 2.36. The molecule has 2 rings (SSSR count). The molecule has 1 aliphatic rings. The van der Waals surface area contributed by atoms with Crippen molar-refractivity contribution in [1.82, 2.24) is 5.32 Å². The van der Waals surface area contributed by atoms with Crippen LogP contribution in [0.15, 0.2) is 34.9 Å². The predicted molar refractivity (Wildman–Crippen MR) is 90.3 cm³/mol. The van der Waals surface area contributed by atoms with Crippen molar-refractivity contribution in [3.8, 4) is 6.07 Å². The minimum absolute atomic E-state index is 0.0276. The predicted octanol–water partition coefficient (Wildman–Crippen LogP) is 2.37. The first-order valence-corrected chi connectivity index (χ1v) is 8.36. The van der Waals surface area contributed by atoms with Gasteiger partial charge in [0, 0.05) is 12.3 Å². The molecular weight excluding hydrogens is 310 g/mol. The molecule has 1 aromatic rings. The lowest BCUT2D eigenvalue weighted by Gasteiger charge is -2.25. The van der Waals surface area contributed by atoms with Gasteiger partial charge in [0.05, 0.1) is 22.4 Å². The fourth-order valence-electron chi connectivity index (χ4n) is 2.47. The molecule has 120 valence electrons. The fourth-order valence-corrected chi connectivity index (χ4v) is 3.29. The molecule has 0 saturated heterocycles. The van der Waals surface area contributed by atoms with Crippen LogP contribution in [0.4, 0.5) is 0 Å². The van der Waals surface area contributed by atoms with Gasteiger partial charge in [0.1, 0.15) is 0 Å². The van der Waals surface area contributed by atoms with Gasteiger partial charge in [0.15, 0.2) is 0 Å². The molecule has 0 fully saturated rings. The van der Waals surface area contributed by atoms with E-state index in [2.05, 4.69) is 25.2 Å². The summed E-state index contributed by atoms with van der Waals surface area (Å²) in [7, 11) is 0. The molecule has 0 radical (unpaired) electrons. The minimum Gasteiger partial charge on any atom is -0.369 e. The molecule has 23 heavy (non-hydrogen) atoms. The van der Waals surface area contributed by atoms with Crippen molar-refractivity contribution in [2.45, 2.75) is 32.1 Å². The Morgan fingerprint density at radius 1 is 1.43 bits per heavy atom. The monoisotopic (exact) mass is 329 g/mol. The van der Waals surface area contributed by atoms with Gasteiger partial charge in [-0.1, -0.05) is 49.9 Å². The second-order valence-corrected chi connectivity index (χ2v) is 6.72. The molecule has 0 saturated carbocycles. The first-order chi connectivity index (χ1) is 10.9. The maximum absolute atomic E-state index is 12.0. The molecule has 1 unspecified atom stereocenters. The van der Waals surface area contributed by atoms with Crippen molar-refractivity contribution in [2.75, 3.05) is 5.75 Å². The van der Waals surface area contributed by atoms with Crippen LogP contribution in [0, 0.1) is 11.3 Å². The van der Waals surface area contributed by atoms with Crippen molar-refractivity contribution in [2.24, 2.45) is 5.73 Å². The van der Waals surface area contributed by atoms with Gasteiger partial charge in [-0.15, -0.1) is 0 Å². The Hall–Kier alpha value is -2.26. The number of rotatable bonds is 5. The van der Waals surface area contributed by atoms with E-state index in [0.29, 0.717) is 16.5 Å². The van der Waals surface area contributed by atoms with Crippen molar-refractivity contribution in [3.63, 3.8) is 0 Å². The number of allylic oxidation sites excluding steroid dienone is 1. The van der Waals surface area contributed by atoms with E-state index in [1.165, 1.54) is 5.56 Å². The molecule has 0 aliphatic carbocycles. The molecule has 0 spiro atoms.